The van der Waals surface area contributed by atoms with Crippen LogP contribution >= 0.6 is 0 Å². The Labute approximate surface area is 163 Å². The Hall–Kier alpha value is -2.68. The maximum Gasteiger partial charge on any atom is 0.328 e. The minimum Gasteiger partial charge on any atom is -0.340 e. The van der Waals surface area contributed by atoms with Crippen molar-refractivity contribution in [3.8, 4) is 0 Å². The molecule has 152 valence electrons. The quantitative estimate of drug-likeness (QED) is 0.725. The lowest BCUT2D eigenvalue weighted by Crippen LogP contribution is -2.43. The molecule has 1 fully saturated rings. The molecule has 1 amide bonds. The minimum atomic E-state index is -0.564. The summed E-state index contributed by atoms with van der Waals surface area (Å²) in [6.45, 7) is 3.13. The molecule has 0 bridgehead atoms. The van der Waals surface area contributed by atoms with Gasteiger partial charge in [0.05, 0.1) is 0 Å². The van der Waals surface area contributed by atoms with Gasteiger partial charge in [-0.15, -0.1) is 0 Å². The zero-order chi connectivity index (χ0) is 20.1. The van der Waals surface area contributed by atoms with E-state index in [2.05, 4.69) is 33.5 Å². The fraction of sp³-hybridized carbons (Fsp3) is 0.579. The van der Waals surface area contributed by atoms with Gasteiger partial charge in [0.25, 0.3) is 5.56 Å². The highest BCUT2D eigenvalue weighted by Crippen LogP contribution is 2.26. The molecule has 3 rings (SSSR count). The van der Waals surface area contributed by atoms with Crippen molar-refractivity contribution in [1.82, 2.24) is 28.9 Å². The lowest BCUT2D eigenvalue weighted by atomic mass is 9.97. The zero-order valence-corrected chi connectivity index (χ0v) is 16.5. The second kappa shape index (κ2) is 9.01. The number of amides is 1. The second-order valence-corrected chi connectivity index (χ2v) is 7.55. The summed E-state index contributed by atoms with van der Waals surface area (Å²) < 4.78 is 3.42. The molecular formula is C19H28N6O3. The first kappa shape index (κ1) is 20.1. The van der Waals surface area contributed by atoms with Gasteiger partial charge < -0.3 is 14.4 Å². The number of rotatable bonds is 7. The average molecular weight is 388 g/mol. The van der Waals surface area contributed by atoms with Crippen molar-refractivity contribution in [2.24, 2.45) is 0 Å². The standard InChI is InChI=1S/C19H28N6O3/c1-22(2)8-4-10-23-12-7-20-18(23)15-5-3-9-24(13-15)17(27)14-25-11-6-16(26)21-19(25)28/h6-7,11-12,15H,3-5,8-10,13-14H2,1-2H3,(H,21,26,28). The number of carbonyl (C=O) groups excluding carboxylic acids is 1. The Bertz CT molecular complexity index is 913. The number of hydrogen-bond donors (Lipinski definition) is 1. The van der Waals surface area contributed by atoms with Crippen molar-refractivity contribution in [2.75, 3.05) is 33.7 Å². The first-order chi connectivity index (χ1) is 13.4. The molecule has 1 N–H and O–H groups in total. The van der Waals surface area contributed by atoms with E-state index in [-0.39, 0.29) is 18.4 Å². The van der Waals surface area contributed by atoms with E-state index in [4.69, 9.17) is 0 Å². The van der Waals surface area contributed by atoms with Crippen LogP contribution in [0, 0.1) is 0 Å². The molecule has 0 spiro atoms. The molecule has 9 nitrogen and oxygen atoms in total. The Morgan fingerprint density at radius 3 is 2.86 bits per heavy atom. The van der Waals surface area contributed by atoms with Crippen molar-refractivity contribution in [3.05, 3.63) is 51.3 Å². The molecule has 2 aromatic rings. The highest BCUT2D eigenvalue weighted by Gasteiger charge is 2.27. The highest BCUT2D eigenvalue weighted by molar-refractivity contribution is 5.76. The number of aromatic amines is 1. The minimum absolute atomic E-state index is 0.0698. The predicted octanol–water partition coefficient (Wildman–Crippen LogP) is 0.0910. The number of carbonyl (C=O) groups is 1. The van der Waals surface area contributed by atoms with Crippen molar-refractivity contribution in [1.29, 1.82) is 0 Å². The first-order valence-corrected chi connectivity index (χ1v) is 9.67. The third-order valence-corrected chi connectivity index (χ3v) is 5.09. The van der Waals surface area contributed by atoms with Crippen LogP contribution in [0.1, 0.15) is 31.0 Å². The maximum atomic E-state index is 12.7. The summed E-state index contributed by atoms with van der Waals surface area (Å²) in [6.07, 6.45) is 8.13. The molecule has 0 radical (unpaired) electrons. The third kappa shape index (κ3) is 4.98. The fourth-order valence-corrected chi connectivity index (χ4v) is 3.66. The number of aromatic nitrogens is 4. The SMILES string of the molecule is CN(C)CCCn1ccnc1C1CCCN(C(=O)Cn2ccc(=O)[nH]c2=O)C1. The van der Waals surface area contributed by atoms with E-state index >= 15 is 0 Å². The summed E-state index contributed by atoms with van der Waals surface area (Å²) in [5, 5.41) is 0. The van der Waals surface area contributed by atoms with Gasteiger partial charge in [0.15, 0.2) is 0 Å². The topological polar surface area (TPSA) is 96.2 Å². The summed E-state index contributed by atoms with van der Waals surface area (Å²) in [4.78, 5) is 46.4. The second-order valence-electron chi connectivity index (χ2n) is 7.55. The maximum absolute atomic E-state index is 12.7. The van der Waals surface area contributed by atoms with E-state index in [9.17, 15) is 14.4 Å². The van der Waals surface area contributed by atoms with Crippen LogP contribution in [0.15, 0.2) is 34.2 Å². The van der Waals surface area contributed by atoms with E-state index in [1.807, 2.05) is 12.4 Å². The molecule has 1 aliphatic rings. The fourth-order valence-electron chi connectivity index (χ4n) is 3.66. The molecule has 1 saturated heterocycles. The molecule has 3 heterocycles. The molecule has 1 unspecified atom stereocenters. The largest absolute Gasteiger partial charge is 0.340 e. The number of nitrogens with one attached hydrogen (secondary N) is 1. The van der Waals surface area contributed by atoms with E-state index in [1.165, 1.54) is 16.8 Å². The van der Waals surface area contributed by atoms with E-state index < -0.39 is 11.2 Å². The van der Waals surface area contributed by atoms with Crippen molar-refractivity contribution >= 4 is 5.91 Å². The van der Waals surface area contributed by atoms with E-state index in [0.29, 0.717) is 13.1 Å². The number of nitrogens with zero attached hydrogens (tertiary/aromatic N) is 5. The number of hydrogen-bond acceptors (Lipinski definition) is 5. The monoisotopic (exact) mass is 388 g/mol. The van der Waals surface area contributed by atoms with Crippen molar-refractivity contribution in [3.63, 3.8) is 0 Å². The van der Waals surface area contributed by atoms with Gasteiger partial charge in [0.1, 0.15) is 12.4 Å². The smallest absolute Gasteiger partial charge is 0.328 e. The van der Waals surface area contributed by atoms with Gasteiger partial charge in [-0.2, -0.15) is 0 Å². The van der Waals surface area contributed by atoms with Crippen LogP contribution in [0.25, 0.3) is 0 Å². The van der Waals surface area contributed by atoms with Crippen LogP contribution in [0.3, 0.4) is 0 Å². The highest BCUT2D eigenvalue weighted by atomic mass is 16.2. The normalized spacial score (nSPS) is 17.2. The lowest BCUT2D eigenvalue weighted by Gasteiger charge is -2.33. The Kier molecular flexibility index (Phi) is 6.45. The van der Waals surface area contributed by atoms with Crippen LogP contribution in [-0.4, -0.2) is 68.5 Å². The number of H-pyrrole nitrogens is 1. The summed E-state index contributed by atoms with van der Waals surface area (Å²) in [5.41, 5.74) is -1.03. The van der Waals surface area contributed by atoms with Gasteiger partial charge in [0.2, 0.25) is 5.91 Å². The van der Waals surface area contributed by atoms with E-state index in [1.54, 1.807) is 4.90 Å². The van der Waals surface area contributed by atoms with E-state index in [0.717, 1.165) is 38.2 Å². The zero-order valence-electron chi connectivity index (χ0n) is 16.5. The Morgan fingerprint density at radius 2 is 2.11 bits per heavy atom. The van der Waals surface area contributed by atoms with Gasteiger partial charge in [-0.3, -0.25) is 19.1 Å². The van der Waals surface area contributed by atoms with Gasteiger partial charge in [-0.1, -0.05) is 0 Å². The van der Waals surface area contributed by atoms with Crippen LogP contribution in [0.5, 0.6) is 0 Å². The number of likely N-dealkylation sites (tertiary alicyclic amines) is 1. The molecule has 28 heavy (non-hydrogen) atoms. The summed E-state index contributed by atoms with van der Waals surface area (Å²) in [6, 6.07) is 1.25. The molecule has 0 aromatic carbocycles. The van der Waals surface area contributed by atoms with Crippen LogP contribution in [-0.2, 0) is 17.9 Å². The molecule has 1 aliphatic heterocycles. The van der Waals surface area contributed by atoms with Gasteiger partial charge in [-0.25, -0.2) is 9.78 Å². The number of imidazole rings is 1. The van der Waals surface area contributed by atoms with Crippen LogP contribution in [0.4, 0.5) is 0 Å². The Morgan fingerprint density at radius 1 is 1.29 bits per heavy atom. The van der Waals surface area contributed by atoms with Crippen LogP contribution in [0.2, 0.25) is 0 Å². The van der Waals surface area contributed by atoms with Crippen molar-refractivity contribution < 1.29 is 4.79 Å². The molecule has 1 atom stereocenters. The van der Waals surface area contributed by atoms with Gasteiger partial charge in [-0.05, 0) is 39.9 Å². The van der Waals surface area contributed by atoms with Crippen LogP contribution < -0.4 is 11.2 Å². The molecular weight excluding hydrogens is 360 g/mol. The Balaban J connectivity index is 1.64. The molecule has 0 aliphatic carbocycles. The first-order valence-electron chi connectivity index (χ1n) is 9.67. The summed E-state index contributed by atoms with van der Waals surface area (Å²) in [7, 11) is 4.13. The molecule has 9 heteroatoms. The number of piperidine rings is 1. The molecule has 0 saturated carbocycles. The molecule has 2 aromatic heterocycles. The number of aryl methyl sites for hydroxylation is 1. The predicted molar refractivity (Wildman–Crippen MR) is 105 cm³/mol. The van der Waals surface area contributed by atoms with Gasteiger partial charge in [0, 0.05) is 50.2 Å². The average Bonchev–Trinajstić information content (AvgIpc) is 3.12. The summed E-state index contributed by atoms with van der Waals surface area (Å²) >= 11 is 0. The lowest BCUT2D eigenvalue weighted by molar-refractivity contribution is -0.133. The summed E-state index contributed by atoms with van der Waals surface area (Å²) in [5.74, 6) is 1.10. The van der Waals surface area contributed by atoms with Crippen molar-refractivity contribution in [2.45, 2.75) is 38.3 Å². The van der Waals surface area contributed by atoms with Gasteiger partial charge >= 0.3 is 5.69 Å². The third-order valence-electron chi connectivity index (χ3n) is 5.09.